The van der Waals surface area contributed by atoms with Crippen LogP contribution < -0.4 is 10.1 Å². The monoisotopic (exact) mass is 353 g/mol. The second-order valence-electron chi connectivity index (χ2n) is 6.75. The zero-order chi connectivity index (χ0) is 18.5. The van der Waals surface area contributed by atoms with Gasteiger partial charge in [0.2, 0.25) is 5.91 Å². The molecule has 1 atom stereocenters. The van der Waals surface area contributed by atoms with E-state index in [0.29, 0.717) is 13.0 Å². The van der Waals surface area contributed by atoms with Gasteiger partial charge < -0.3 is 15.2 Å². The molecule has 3 rings (SSSR count). The average molecular weight is 353 g/mol. The topological polar surface area (TPSA) is 75.6 Å². The lowest BCUT2D eigenvalue weighted by Crippen LogP contribution is -2.34. The zero-order valence-electron chi connectivity index (χ0n) is 14.8. The third kappa shape index (κ3) is 4.63. The van der Waals surface area contributed by atoms with Crippen molar-refractivity contribution in [1.82, 2.24) is 5.32 Å². The summed E-state index contributed by atoms with van der Waals surface area (Å²) in [6.45, 7) is 2.78. The molecule has 136 valence electrons. The van der Waals surface area contributed by atoms with Gasteiger partial charge in [-0.15, -0.1) is 0 Å². The van der Waals surface area contributed by atoms with Gasteiger partial charge in [0.05, 0.1) is 18.9 Å². The molecule has 26 heavy (non-hydrogen) atoms. The lowest BCUT2D eigenvalue weighted by Gasteiger charge is -2.14. The molecule has 0 spiro atoms. The summed E-state index contributed by atoms with van der Waals surface area (Å²) < 4.78 is 5.46. The Kier molecular flexibility index (Phi) is 5.56. The molecule has 1 aliphatic rings. The summed E-state index contributed by atoms with van der Waals surface area (Å²) >= 11 is 0. The number of fused-ring (bicyclic) bond motifs is 1. The smallest absolute Gasteiger partial charge is 0.308 e. The van der Waals surface area contributed by atoms with Crippen molar-refractivity contribution < 1.29 is 19.4 Å². The van der Waals surface area contributed by atoms with Crippen molar-refractivity contribution in [2.75, 3.05) is 13.2 Å². The van der Waals surface area contributed by atoms with Gasteiger partial charge in [-0.25, -0.2) is 0 Å². The molecule has 0 saturated heterocycles. The number of aryl methyl sites for hydroxylation is 1. The molecule has 5 heteroatoms. The molecule has 1 unspecified atom stereocenters. The van der Waals surface area contributed by atoms with Gasteiger partial charge in [-0.2, -0.15) is 0 Å². The molecule has 2 aromatic rings. The minimum absolute atomic E-state index is 0.121. The molecule has 0 bridgehead atoms. The fraction of sp³-hybridized carbons (Fsp3) is 0.333. The molecule has 1 heterocycles. The SMILES string of the molecule is Cc1cccc(CC(CNC(=O)Cc2ccc3c(c2)CCO3)C(=O)O)c1. The van der Waals surface area contributed by atoms with Gasteiger partial charge in [0, 0.05) is 13.0 Å². The van der Waals surface area contributed by atoms with Gasteiger partial charge in [-0.1, -0.05) is 42.0 Å². The number of nitrogens with one attached hydrogen (secondary N) is 1. The predicted molar refractivity (Wildman–Crippen MR) is 98.4 cm³/mol. The first kappa shape index (κ1) is 18.0. The number of benzene rings is 2. The van der Waals surface area contributed by atoms with Crippen molar-refractivity contribution in [3.8, 4) is 5.75 Å². The van der Waals surface area contributed by atoms with Crippen molar-refractivity contribution in [3.05, 3.63) is 64.7 Å². The van der Waals surface area contributed by atoms with Crippen LogP contribution in [0.2, 0.25) is 0 Å². The normalized spacial score (nSPS) is 13.6. The van der Waals surface area contributed by atoms with Crippen LogP contribution in [0.3, 0.4) is 0 Å². The van der Waals surface area contributed by atoms with E-state index < -0.39 is 11.9 Å². The maximum Gasteiger partial charge on any atom is 0.308 e. The van der Waals surface area contributed by atoms with E-state index in [1.807, 2.05) is 49.4 Å². The van der Waals surface area contributed by atoms with Gasteiger partial charge >= 0.3 is 5.97 Å². The molecule has 2 aromatic carbocycles. The molecule has 0 radical (unpaired) electrons. The summed E-state index contributed by atoms with van der Waals surface area (Å²) in [5.41, 5.74) is 4.09. The Bertz CT molecular complexity index is 815. The first-order chi connectivity index (χ1) is 12.5. The van der Waals surface area contributed by atoms with E-state index in [1.54, 1.807) is 0 Å². The Morgan fingerprint density at radius 1 is 1.19 bits per heavy atom. The quantitative estimate of drug-likeness (QED) is 0.802. The third-order valence-corrected chi connectivity index (χ3v) is 4.58. The molecule has 0 fully saturated rings. The van der Waals surface area contributed by atoms with Crippen LogP contribution in [0.1, 0.15) is 22.3 Å². The lowest BCUT2D eigenvalue weighted by atomic mass is 9.98. The molecule has 0 aromatic heterocycles. The number of hydrogen-bond acceptors (Lipinski definition) is 3. The summed E-state index contributed by atoms with van der Waals surface area (Å²) in [6.07, 6.45) is 1.50. The van der Waals surface area contributed by atoms with Crippen molar-refractivity contribution in [3.63, 3.8) is 0 Å². The first-order valence-corrected chi connectivity index (χ1v) is 8.81. The summed E-state index contributed by atoms with van der Waals surface area (Å²) in [4.78, 5) is 23.7. The number of carboxylic acid groups (broad SMARTS) is 1. The Hall–Kier alpha value is -2.82. The fourth-order valence-corrected chi connectivity index (χ4v) is 3.21. The number of carbonyl (C=O) groups excluding carboxylic acids is 1. The van der Waals surface area contributed by atoms with E-state index in [1.165, 1.54) is 0 Å². The highest BCUT2D eigenvalue weighted by atomic mass is 16.5. The fourth-order valence-electron chi connectivity index (χ4n) is 3.21. The van der Waals surface area contributed by atoms with Crippen molar-refractivity contribution >= 4 is 11.9 Å². The van der Waals surface area contributed by atoms with Gasteiger partial charge in [0.25, 0.3) is 0 Å². The van der Waals surface area contributed by atoms with E-state index in [9.17, 15) is 14.7 Å². The highest BCUT2D eigenvalue weighted by Crippen LogP contribution is 2.26. The number of ether oxygens (including phenoxy) is 1. The standard InChI is InChI=1S/C21H23NO4/c1-14-3-2-4-15(9-14)11-18(21(24)25)13-22-20(23)12-16-5-6-19-17(10-16)7-8-26-19/h2-6,9-10,18H,7-8,11-13H2,1H3,(H,22,23)(H,24,25). The van der Waals surface area contributed by atoms with E-state index in [2.05, 4.69) is 5.32 Å². The highest BCUT2D eigenvalue weighted by Gasteiger charge is 2.19. The average Bonchev–Trinajstić information content (AvgIpc) is 3.06. The van der Waals surface area contributed by atoms with E-state index in [4.69, 9.17) is 4.74 Å². The minimum Gasteiger partial charge on any atom is -0.493 e. The third-order valence-electron chi connectivity index (χ3n) is 4.58. The maximum atomic E-state index is 12.2. The molecule has 0 saturated carbocycles. The minimum atomic E-state index is -0.901. The Balaban J connectivity index is 1.55. The van der Waals surface area contributed by atoms with Crippen LogP contribution in [-0.4, -0.2) is 30.1 Å². The summed E-state index contributed by atoms with van der Waals surface area (Å²) in [7, 11) is 0. The number of carboxylic acids is 1. The Morgan fingerprint density at radius 3 is 2.81 bits per heavy atom. The van der Waals surface area contributed by atoms with E-state index in [-0.39, 0.29) is 18.9 Å². The summed E-state index contributed by atoms with van der Waals surface area (Å²) in [5, 5.41) is 12.2. The van der Waals surface area contributed by atoms with Gasteiger partial charge in [-0.05, 0) is 36.1 Å². The van der Waals surface area contributed by atoms with Gasteiger partial charge in [-0.3, -0.25) is 9.59 Å². The van der Waals surface area contributed by atoms with Crippen molar-refractivity contribution in [2.45, 2.75) is 26.2 Å². The molecule has 1 amide bonds. The van der Waals surface area contributed by atoms with Crippen LogP contribution in [0, 0.1) is 12.8 Å². The van der Waals surface area contributed by atoms with Crippen molar-refractivity contribution in [2.24, 2.45) is 5.92 Å². The summed E-state index contributed by atoms with van der Waals surface area (Å²) in [6, 6.07) is 13.5. The zero-order valence-corrected chi connectivity index (χ0v) is 14.8. The predicted octanol–water partition coefficient (Wildman–Crippen LogP) is 2.53. The lowest BCUT2D eigenvalue weighted by molar-refractivity contribution is -0.141. The molecule has 5 nitrogen and oxygen atoms in total. The molecule has 2 N–H and O–H groups in total. The number of amides is 1. The van der Waals surface area contributed by atoms with Gasteiger partial charge in [0.1, 0.15) is 5.75 Å². The van der Waals surface area contributed by atoms with Crippen LogP contribution in [-0.2, 0) is 28.9 Å². The molecule has 0 aliphatic carbocycles. The first-order valence-electron chi connectivity index (χ1n) is 8.81. The second kappa shape index (κ2) is 8.04. The van der Waals surface area contributed by atoms with E-state index in [0.717, 1.165) is 34.4 Å². The Morgan fingerprint density at radius 2 is 2.04 bits per heavy atom. The molecule has 1 aliphatic heterocycles. The van der Waals surface area contributed by atoms with E-state index >= 15 is 0 Å². The number of carbonyl (C=O) groups is 2. The number of aliphatic carboxylic acids is 1. The maximum absolute atomic E-state index is 12.2. The summed E-state index contributed by atoms with van der Waals surface area (Å²) in [5.74, 6) is -0.826. The molecular formula is C21H23NO4. The highest BCUT2D eigenvalue weighted by molar-refractivity contribution is 5.79. The van der Waals surface area contributed by atoms with Crippen LogP contribution >= 0.6 is 0 Å². The number of hydrogen-bond donors (Lipinski definition) is 2. The Labute approximate surface area is 153 Å². The van der Waals surface area contributed by atoms with Crippen LogP contribution in [0.25, 0.3) is 0 Å². The van der Waals surface area contributed by atoms with Crippen LogP contribution in [0.4, 0.5) is 0 Å². The van der Waals surface area contributed by atoms with Crippen molar-refractivity contribution in [1.29, 1.82) is 0 Å². The van der Waals surface area contributed by atoms with Gasteiger partial charge in [0.15, 0.2) is 0 Å². The van der Waals surface area contributed by atoms with Crippen LogP contribution in [0.15, 0.2) is 42.5 Å². The number of rotatable bonds is 7. The molecular weight excluding hydrogens is 330 g/mol. The van der Waals surface area contributed by atoms with Crippen LogP contribution in [0.5, 0.6) is 5.75 Å². The largest absolute Gasteiger partial charge is 0.493 e. The second-order valence-corrected chi connectivity index (χ2v) is 6.75.